The Hall–Kier alpha value is -1.01. The standard InChI is InChI=1S/C12H15F2NO2S/c1-9-4-2-3-7-15(9)18(16,17)12-8-10(13)5-6-11(12)14/h5-6,8-9H,2-4,7H2,1H3/t9-/m1/s1. The average Bonchev–Trinajstić information content (AvgIpc) is 2.32. The van der Waals surface area contributed by atoms with Crippen molar-refractivity contribution in [2.45, 2.75) is 37.1 Å². The summed E-state index contributed by atoms with van der Waals surface area (Å²) in [6.07, 6.45) is 2.45. The summed E-state index contributed by atoms with van der Waals surface area (Å²) in [5.41, 5.74) is 0. The molecule has 0 saturated carbocycles. The Bertz CT molecular complexity index is 545. The van der Waals surface area contributed by atoms with E-state index in [9.17, 15) is 17.2 Å². The molecule has 0 aliphatic carbocycles. The first kappa shape index (κ1) is 13.4. The summed E-state index contributed by atoms with van der Waals surface area (Å²) in [5.74, 6) is -1.66. The molecule has 1 saturated heterocycles. The highest BCUT2D eigenvalue weighted by atomic mass is 32.2. The molecule has 1 aromatic carbocycles. The highest BCUT2D eigenvalue weighted by molar-refractivity contribution is 7.89. The first-order valence-electron chi connectivity index (χ1n) is 5.90. The molecule has 0 N–H and O–H groups in total. The van der Waals surface area contributed by atoms with Gasteiger partial charge in [0.1, 0.15) is 16.5 Å². The Morgan fingerprint density at radius 3 is 2.67 bits per heavy atom. The lowest BCUT2D eigenvalue weighted by atomic mass is 10.1. The van der Waals surface area contributed by atoms with Crippen LogP contribution in [0.3, 0.4) is 0 Å². The largest absolute Gasteiger partial charge is 0.246 e. The maximum atomic E-state index is 13.6. The van der Waals surface area contributed by atoms with Crippen LogP contribution in [-0.2, 0) is 10.0 Å². The van der Waals surface area contributed by atoms with Gasteiger partial charge in [-0.1, -0.05) is 6.42 Å². The molecule has 0 unspecified atom stereocenters. The van der Waals surface area contributed by atoms with E-state index in [4.69, 9.17) is 0 Å². The Labute approximate surface area is 105 Å². The third-order valence-electron chi connectivity index (χ3n) is 3.22. The molecule has 1 aliphatic heterocycles. The number of benzene rings is 1. The zero-order chi connectivity index (χ0) is 13.3. The molecule has 1 aliphatic rings. The van der Waals surface area contributed by atoms with Crippen LogP contribution in [0.4, 0.5) is 8.78 Å². The van der Waals surface area contributed by atoms with Crippen molar-refractivity contribution >= 4 is 10.0 Å². The fourth-order valence-electron chi connectivity index (χ4n) is 2.23. The Morgan fingerprint density at radius 2 is 2.00 bits per heavy atom. The maximum Gasteiger partial charge on any atom is 0.246 e. The first-order valence-corrected chi connectivity index (χ1v) is 7.34. The van der Waals surface area contributed by atoms with Gasteiger partial charge in [0.05, 0.1) is 0 Å². The number of hydrogen-bond acceptors (Lipinski definition) is 2. The third kappa shape index (κ3) is 2.40. The second-order valence-electron chi connectivity index (χ2n) is 4.54. The summed E-state index contributed by atoms with van der Waals surface area (Å²) < 4.78 is 52.5. The van der Waals surface area contributed by atoms with E-state index in [0.717, 1.165) is 37.5 Å². The lowest BCUT2D eigenvalue weighted by Crippen LogP contribution is -2.42. The minimum atomic E-state index is -3.95. The SMILES string of the molecule is C[C@@H]1CCCCN1S(=O)(=O)c1cc(F)ccc1F. The van der Waals surface area contributed by atoms with Crippen LogP contribution in [0.1, 0.15) is 26.2 Å². The topological polar surface area (TPSA) is 37.4 Å². The van der Waals surface area contributed by atoms with Crippen LogP contribution >= 0.6 is 0 Å². The molecular formula is C12H15F2NO2S. The molecule has 1 atom stereocenters. The van der Waals surface area contributed by atoms with Crippen molar-refractivity contribution in [1.82, 2.24) is 4.31 Å². The highest BCUT2D eigenvalue weighted by Crippen LogP contribution is 2.26. The number of rotatable bonds is 2. The minimum Gasteiger partial charge on any atom is -0.207 e. The van der Waals surface area contributed by atoms with E-state index in [2.05, 4.69) is 0 Å². The molecule has 3 nitrogen and oxygen atoms in total. The van der Waals surface area contributed by atoms with E-state index in [-0.39, 0.29) is 6.04 Å². The molecule has 1 aromatic rings. The van der Waals surface area contributed by atoms with Crippen molar-refractivity contribution in [2.75, 3.05) is 6.54 Å². The van der Waals surface area contributed by atoms with Crippen LogP contribution in [0, 0.1) is 11.6 Å². The summed E-state index contributed by atoms with van der Waals surface area (Å²) in [5, 5.41) is 0. The second-order valence-corrected chi connectivity index (χ2v) is 6.39. The number of hydrogen-bond donors (Lipinski definition) is 0. The van der Waals surface area contributed by atoms with Gasteiger partial charge in [-0.3, -0.25) is 0 Å². The fourth-order valence-corrected chi connectivity index (χ4v) is 4.01. The van der Waals surface area contributed by atoms with Crippen molar-refractivity contribution in [2.24, 2.45) is 0 Å². The highest BCUT2D eigenvalue weighted by Gasteiger charge is 2.33. The molecule has 0 spiro atoms. The van der Waals surface area contributed by atoms with E-state index >= 15 is 0 Å². The van der Waals surface area contributed by atoms with E-state index in [0.29, 0.717) is 6.54 Å². The normalized spacial score (nSPS) is 22.1. The van der Waals surface area contributed by atoms with E-state index in [1.807, 2.05) is 0 Å². The van der Waals surface area contributed by atoms with Crippen LogP contribution in [0.2, 0.25) is 0 Å². The van der Waals surface area contributed by atoms with Gasteiger partial charge in [0.25, 0.3) is 0 Å². The molecule has 0 radical (unpaired) electrons. The molecule has 1 heterocycles. The Balaban J connectivity index is 2.44. The van der Waals surface area contributed by atoms with E-state index < -0.39 is 26.6 Å². The summed E-state index contributed by atoms with van der Waals surface area (Å²) in [6, 6.07) is 2.32. The average molecular weight is 275 g/mol. The lowest BCUT2D eigenvalue weighted by molar-refractivity contribution is 0.267. The molecule has 100 valence electrons. The van der Waals surface area contributed by atoms with Crippen molar-refractivity contribution in [3.05, 3.63) is 29.8 Å². The van der Waals surface area contributed by atoms with Gasteiger partial charge in [-0.2, -0.15) is 4.31 Å². The second kappa shape index (κ2) is 4.93. The number of sulfonamides is 1. The molecular weight excluding hydrogens is 260 g/mol. The van der Waals surface area contributed by atoms with Crippen LogP contribution in [0.5, 0.6) is 0 Å². The zero-order valence-electron chi connectivity index (χ0n) is 10.1. The number of halogens is 2. The third-order valence-corrected chi connectivity index (χ3v) is 5.25. The molecule has 18 heavy (non-hydrogen) atoms. The number of piperidine rings is 1. The van der Waals surface area contributed by atoms with Gasteiger partial charge in [0.2, 0.25) is 10.0 Å². The Kier molecular flexibility index (Phi) is 3.68. The molecule has 0 amide bonds. The van der Waals surface area contributed by atoms with Crippen molar-refractivity contribution < 1.29 is 17.2 Å². The zero-order valence-corrected chi connectivity index (χ0v) is 10.9. The van der Waals surface area contributed by atoms with Crippen LogP contribution in [0.15, 0.2) is 23.1 Å². The minimum absolute atomic E-state index is 0.175. The fraction of sp³-hybridized carbons (Fsp3) is 0.500. The number of nitrogens with zero attached hydrogens (tertiary/aromatic N) is 1. The van der Waals surface area contributed by atoms with Gasteiger partial charge >= 0.3 is 0 Å². The summed E-state index contributed by atoms with van der Waals surface area (Å²) in [6.45, 7) is 2.15. The van der Waals surface area contributed by atoms with Gasteiger partial charge in [-0.25, -0.2) is 17.2 Å². The lowest BCUT2D eigenvalue weighted by Gasteiger charge is -2.32. The molecule has 1 fully saturated rings. The van der Waals surface area contributed by atoms with Gasteiger partial charge in [-0.05, 0) is 38.0 Å². The molecule has 0 aromatic heterocycles. The van der Waals surface area contributed by atoms with Crippen molar-refractivity contribution in [3.8, 4) is 0 Å². The van der Waals surface area contributed by atoms with Gasteiger partial charge in [-0.15, -0.1) is 0 Å². The molecule has 6 heteroatoms. The Morgan fingerprint density at radius 1 is 1.28 bits per heavy atom. The van der Waals surface area contributed by atoms with Gasteiger partial charge in [0, 0.05) is 12.6 Å². The molecule has 0 bridgehead atoms. The maximum absolute atomic E-state index is 13.6. The van der Waals surface area contributed by atoms with Gasteiger partial charge < -0.3 is 0 Å². The summed E-state index contributed by atoms with van der Waals surface area (Å²) in [4.78, 5) is -0.573. The van der Waals surface area contributed by atoms with Crippen molar-refractivity contribution in [3.63, 3.8) is 0 Å². The van der Waals surface area contributed by atoms with Crippen LogP contribution < -0.4 is 0 Å². The first-order chi connectivity index (χ1) is 8.43. The van der Waals surface area contributed by atoms with E-state index in [1.165, 1.54) is 4.31 Å². The predicted molar refractivity (Wildman–Crippen MR) is 63.6 cm³/mol. The van der Waals surface area contributed by atoms with E-state index in [1.54, 1.807) is 6.92 Å². The molecule has 2 rings (SSSR count). The smallest absolute Gasteiger partial charge is 0.207 e. The summed E-state index contributed by atoms with van der Waals surface area (Å²) in [7, 11) is -3.95. The summed E-state index contributed by atoms with van der Waals surface area (Å²) >= 11 is 0. The predicted octanol–water partition coefficient (Wildman–Crippen LogP) is 2.53. The van der Waals surface area contributed by atoms with Gasteiger partial charge in [0.15, 0.2) is 0 Å². The van der Waals surface area contributed by atoms with Crippen LogP contribution in [-0.4, -0.2) is 25.3 Å². The van der Waals surface area contributed by atoms with Crippen molar-refractivity contribution in [1.29, 1.82) is 0 Å². The quantitative estimate of drug-likeness (QED) is 0.831. The van der Waals surface area contributed by atoms with Crippen LogP contribution in [0.25, 0.3) is 0 Å². The monoisotopic (exact) mass is 275 g/mol.